The number of nitrogens with zero attached hydrogens (tertiary/aromatic N) is 1. The normalized spacial score (nSPS) is 14.1. The summed E-state index contributed by atoms with van der Waals surface area (Å²) in [6, 6.07) is 5.23. The molecule has 5 nitrogen and oxygen atoms in total. The molecule has 0 radical (unpaired) electrons. The van der Waals surface area contributed by atoms with E-state index < -0.39 is 5.97 Å². The number of rotatable bonds is 4. The highest BCUT2D eigenvalue weighted by Gasteiger charge is 2.17. The van der Waals surface area contributed by atoms with E-state index in [-0.39, 0.29) is 0 Å². The third kappa shape index (κ3) is 2.50. The fourth-order valence-corrected chi connectivity index (χ4v) is 2.01. The molecule has 1 aliphatic rings. The van der Waals surface area contributed by atoms with Gasteiger partial charge in [-0.05, 0) is 25.2 Å². The quantitative estimate of drug-likeness (QED) is 0.721. The molecule has 17 heavy (non-hydrogen) atoms. The van der Waals surface area contributed by atoms with Gasteiger partial charge in [0.1, 0.15) is 0 Å². The summed E-state index contributed by atoms with van der Waals surface area (Å²) in [5.41, 5.74) is 2.32. The summed E-state index contributed by atoms with van der Waals surface area (Å²) < 4.78 is 0. The molecule has 0 bridgehead atoms. The van der Waals surface area contributed by atoms with Crippen molar-refractivity contribution in [3.63, 3.8) is 0 Å². The minimum Gasteiger partial charge on any atom is -0.478 e. The van der Waals surface area contributed by atoms with Crippen LogP contribution in [-0.2, 0) is 0 Å². The molecule has 0 atom stereocenters. The van der Waals surface area contributed by atoms with Crippen LogP contribution in [0.25, 0.3) is 0 Å². The molecule has 5 heteroatoms. The highest BCUT2D eigenvalue weighted by molar-refractivity contribution is 5.91. The molecule has 1 heterocycles. The van der Waals surface area contributed by atoms with Crippen molar-refractivity contribution >= 4 is 17.3 Å². The smallest absolute Gasteiger partial charge is 0.335 e. The first-order chi connectivity index (χ1) is 8.22. The van der Waals surface area contributed by atoms with Crippen LogP contribution in [0.15, 0.2) is 18.2 Å². The van der Waals surface area contributed by atoms with Crippen molar-refractivity contribution in [3.05, 3.63) is 23.8 Å². The maximum absolute atomic E-state index is 10.9. The molecular weight excluding hydrogens is 218 g/mol. The molecule has 0 aliphatic carbocycles. The number of carboxylic acid groups (broad SMARTS) is 1. The minimum absolute atomic E-state index is 0.326. The topological polar surface area (TPSA) is 64.6 Å². The lowest BCUT2D eigenvalue weighted by Crippen LogP contribution is -2.38. The van der Waals surface area contributed by atoms with E-state index in [0.29, 0.717) is 5.56 Å². The second-order valence-electron chi connectivity index (χ2n) is 4.05. The van der Waals surface area contributed by atoms with Gasteiger partial charge in [0.25, 0.3) is 0 Å². The molecule has 0 fully saturated rings. The molecule has 1 aliphatic heterocycles. The van der Waals surface area contributed by atoms with Crippen molar-refractivity contribution in [1.29, 1.82) is 0 Å². The maximum atomic E-state index is 10.9. The Morgan fingerprint density at radius 3 is 3.12 bits per heavy atom. The summed E-state index contributed by atoms with van der Waals surface area (Å²) in [7, 11) is 1.93. The van der Waals surface area contributed by atoms with Crippen LogP contribution in [0, 0.1) is 0 Å². The first kappa shape index (κ1) is 11.7. The molecule has 3 N–H and O–H groups in total. The second kappa shape index (κ2) is 5.05. The zero-order chi connectivity index (χ0) is 12.3. The Bertz CT molecular complexity index is 420. The van der Waals surface area contributed by atoms with Crippen LogP contribution in [0.1, 0.15) is 10.4 Å². The van der Waals surface area contributed by atoms with Crippen molar-refractivity contribution in [3.8, 4) is 0 Å². The summed E-state index contributed by atoms with van der Waals surface area (Å²) in [4.78, 5) is 13.1. The largest absolute Gasteiger partial charge is 0.478 e. The number of nitrogens with one attached hydrogen (secondary N) is 2. The van der Waals surface area contributed by atoms with Gasteiger partial charge in [0.15, 0.2) is 0 Å². The summed E-state index contributed by atoms with van der Waals surface area (Å²) in [6.45, 7) is 3.64. The van der Waals surface area contributed by atoms with Gasteiger partial charge in [-0.25, -0.2) is 4.79 Å². The van der Waals surface area contributed by atoms with Gasteiger partial charge < -0.3 is 20.6 Å². The van der Waals surface area contributed by atoms with E-state index >= 15 is 0 Å². The molecule has 0 saturated carbocycles. The van der Waals surface area contributed by atoms with Crippen LogP contribution < -0.4 is 15.5 Å². The van der Waals surface area contributed by atoms with Crippen LogP contribution in [0.2, 0.25) is 0 Å². The van der Waals surface area contributed by atoms with Gasteiger partial charge in [0.05, 0.1) is 16.9 Å². The molecule has 1 aromatic rings. The highest BCUT2D eigenvalue weighted by Crippen LogP contribution is 2.29. The molecule has 0 amide bonds. The summed E-state index contributed by atoms with van der Waals surface area (Å²) in [6.07, 6.45) is 0. The van der Waals surface area contributed by atoms with E-state index in [4.69, 9.17) is 5.11 Å². The monoisotopic (exact) mass is 235 g/mol. The first-order valence-corrected chi connectivity index (χ1v) is 5.73. The van der Waals surface area contributed by atoms with Crippen LogP contribution in [0.3, 0.4) is 0 Å². The summed E-state index contributed by atoms with van der Waals surface area (Å²) >= 11 is 0. The Labute approximate surface area is 100 Å². The molecule has 0 spiro atoms. The molecule has 0 saturated heterocycles. The predicted molar refractivity (Wildman–Crippen MR) is 68.0 cm³/mol. The zero-order valence-electron chi connectivity index (χ0n) is 9.86. The number of aromatic carboxylic acids is 1. The lowest BCUT2D eigenvalue weighted by atomic mass is 10.1. The van der Waals surface area contributed by atoms with Crippen LogP contribution in [0.5, 0.6) is 0 Å². The van der Waals surface area contributed by atoms with Crippen LogP contribution in [0.4, 0.5) is 11.4 Å². The second-order valence-corrected chi connectivity index (χ2v) is 4.05. The van der Waals surface area contributed by atoms with Gasteiger partial charge in [0.2, 0.25) is 0 Å². The Morgan fingerprint density at radius 1 is 1.59 bits per heavy atom. The Morgan fingerprint density at radius 2 is 2.41 bits per heavy atom. The van der Waals surface area contributed by atoms with E-state index in [9.17, 15) is 4.79 Å². The van der Waals surface area contributed by atoms with Crippen molar-refractivity contribution in [2.45, 2.75) is 0 Å². The Hall–Kier alpha value is -1.75. The van der Waals surface area contributed by atoms with E-state index in [1.807, 2.05) is 13.1 Å². The number of fused-ring (bicyclic) bond motifs is 1. The van der Waals surface area contributed by atoms with E-state index in [1.54, 1.807) is 12.1 Å². The highest BCUT2D eigenvalue weighted by atomic mass is 16.4. The van der Waals surface area contributed by atoms with E-state index in [2.05, 4.69) is 15.5 Å². The average Bonchev–Trinajstić information content (AvgIpc) is 2.35. The number of anilines is 2. The maximum Gasteiger partial charge on any atom is 0.335 e. The molecule has 1 aromatic carbocycles. The van der Waals surface area contributed by atoms with E-state index in [1.165, 1.54) is 0 Å². The van der Waals surface area contributed by atoms with E-state index in [0.717, 1.165) is 37.6 Å². The average molecular weight is 235 g/mol. The Balaban J connectivity index is 2.23. The van der Waals surface area contributed by atoms with Crippen LogP contribution in [-0.4, -0.2) is 44.3 Å². The van der Waals surface area contributed by atoms with Crippen LogP contribution >= 0.6 is 0 Å². The third-order valence-corrected chi connectivity index (χ3v) is 2.91. The Kier molecular flexibility index (Phi) is 3.49. The number of benzene rings is 1. The van der Waals surface area contributed by atoms with Crippen molar-refractivity contribution in [2.24, 2.45) is 0 Å². The number of carboxylic acids is 1. The lowest BCUT2D eigenvalue weighted by molar-refractivity contribution is 0.0697. The molecule has 2 rings (SSSR count). The summed E-state index contributed by atoms with van der Waals surface area (Å²) in [5.74, 6) is -0.887. The van der Waals surface area contributed by atoms with Crippen molar-refractivity contribution in [1.82, 2.24) is 5.32 Å². The lowest BCUT2D eigenvalue weighted by Gasteiger charge is -2.32. The standard InChI is InChI=1S/C12H17N3O2/c1-13-4-6-15-7-5-14-10-8-9(12(16)17)2-3-11(10)15/h2-3,8,13-14H,4-7H2,1H3,(H,16,17). The van der Waals surface area contributed by atoms with Gasteiger partial charge in [-0.15, -0.1) is 0 Å². The van der Waals surface area contributed by atoms with Gasteiger partial charge in [-0.2, -0.15) is 0 Å². The fraction of sp³-hybridized carbons (Fsp3) is 0.417. The van der Waals surface area contributed by atoms with Gasteiger partial charge in [-0.1, -0.05) is 0 Å². The fourth-order valence-electron chi connectivity index (χ4n) is 2.01. The van der Waals surface area contributed by atoms with Crippen molar-refractivity contribution < 1.29 is 9.90 Å². The van der Waals surface area contributed by atoms with Gasteiger partial charge in [-0.3, -0.25) is 0 Å². The number of likely N-dealkylation sites (N-methyl/N-ethyl adjacent to an activating group) is 1. The van der Waals surface area contributed by atoms with Gasteiger partial charge >= 0.3 is 5.97 Å². The molecule has 92 valence electrons. The predicted octanol–water partition coefficient (Wildman–Crippen LogP) is 0.836. The summed E-state index contributed by atoms with van der Waals surface area (Å²) in [5, 5.41) is 15.3. The third-order valence-electron chi connectivity index (χ3n) is 2.91. The molecule has 0 unspecified atom stereocenters. The van der Waals surface area contributed by atoms with Crippen molar-refractivity contribution in [2.75, 3.05) is 43.4 Å². The minimum atomic E-state index is -0.887. The number of carbonyl (C=O) groups is 1. The molecular formula is C12H17N3O2. The number of hydrogen-bond acceptors (Lipinski definition) is 4. The SMILES string of the molecule is CNCCN1CCNc2cc(C(=O)O)ccc21. The number of hydrogen-bond donors (Lipinski definition) is 3. The molecule has 0 aromatic heterocycles. The van der Waals surface area contributed by atoms with Gasteiger partial charge in [0, 0.05) is 26.2 Å². The first-order valence-electron chi connectivity index (χ1n) is 5.73. The zero-order valence-corrected chi connectivity index (χ0v) is 9.86.